The minimum absolute atomic E-state index is 0.0342. The van der Waals surface area contributed by atoms with Crippen LogP contribution < -0.4 is 16.0 Å². The van der Waals surface area contributed by atoms with Gasteiger partial charge in [-0.3, -0.25) is 11.3 Å². The molecule has 0 bridgehead atoms. The molecule has 2 atom stereocenters. The smallest absolute Gasteiger partial charge is 0.216 e. The SMILES string of the molecule is CCC(C)C(NN)c1cc(OC)ncn1. The molecule has 0 saturated heterocycles. The molecule has 5 heteroatoms. The van der Waals surface area contributed by atoms with Gasteiger partial charge in [0.05, 0.1) is 18.8 Å². The molecule has 2 unspecified atom stereocenters. The average Bonchev–Trinajstić information content (AvgIpc) is 2.30. The number of ether oxygens (including phenoxy) is 1. The third-order valence-electron chi connectivity index (χ3n) is 2.58. The van der Waals surface area contributed by atoms with Crippen molar-refractivity contribution in [2.45, 2.75) is 26.3 Å². The van der Waals surface area contributed by atoms with Crippen molar-refractivity contribution in [3.63, 3.8) is 0 Å². The normalized spacial score (nSPS) is 14.7. The maximum Gasteiger partial charge on any atom is 0.216 e. The van der Waals surface area contributed by atoms with Gasteiger partial charge in [0, 0.05) is 6.07 Å². The Labute approximate surface area is 90.0 Å². The molecule has 0 spiro atoms. The highest BCUT2D eigenvalue weighted by Crippen LogP contribution is 2.23. The largest absolute Gasteiger partial charge is 0.481 e. The molecular formula is C10H18N4O. The molecule has 1 rings (SSSR count). The summed E-state index contributed by atoms with van der Waals surface area (Å²) in [4.78, 5) is 8.15. The van der Waals surface area contributed by atoms with E-state index in [2.05, 4.69) is 29.2 Å². The lowest BCUT2D eigenvalue weighted by molar-refractivity contribution is 0.365. The second kappa shape index (κ2) is 5.63. The number of methoxy groups -OCH3 is 1. The summed E-state index contributed by atoms with van der Waals surface area (Å²) in [6.07, 6.45) is 2.52. The second-order valence-electron chi connectivity index (χ2n) is 3.52. The molecule has 15 heavy (non-hydrogen) atoms. The highest BCUT2D eigenvalue weighted by molar-refractivity contribution is 5.16. The number of nitrogens with two attached hydrogens (primary N) is 1. The quantitative estimate of drug-likeness (QED) is 0.561. The number of hydrogen-bond acceptors (Lipinski definition) is 5. The van der Waals surface area contributed by atoms with Crippen LogP contribution in [0.4, 0.5) is 0 Å². The second-order valence-corrected chi connectivity index (χ2v) is 3.52. The molecule has 0 aliphatic heterocycles. The first-order chi connectivity index (χ1) is 7.22. The summed E-state index contributed by atoms with van der Waals surface area (Å²) in [5, 5.41) is 0. The zero-order chi connectivity index (χ0) is 11.3. The van der Waals surface area contributed by atoms with E-state index >= 15 is 0 Å². The lowest BCUT2D eigenvalue weighted by atomic mass is 9.97. The monoisotopic (exact) mass is 210 g/mol. The highest BCUT2D eigenvalue weighted by Gasteiger charge is 2.18. The van der Waals surface area contributed by atoms with E-state index in [1.165, 1.54) is 6.33 Å². The molecule has 3 N–H and O–H groups in total. The topological polar surface area (TPSA) is 73.1 Å². The summed E-state index contributed by atoms with van der Waals surface area (Å²) in [6.45, 7) is 4.24. The van der Waals surface area contributed by atoms with E-state index in [0.717, 1.165) is 12.1 Å². The van der Waals surface area contributed by atoms with Crippen LogP contribution in [-0.4, -0.2) is 17.1 Å². The van der Waals surface area contributed by atoms with Gasteiger partial charge in [0.15, 0.2) is 0 Å². The van der Waals surface area contributed by atoms with Crippen molar-refractivity contribution in [3.8, 4) is 5.88 Å². The number of nitrogens with one attached hydrogen (secondary N) is 1. The number of hydrazine groups is 1. The van der Waals surface area contributed by atoms with Crippen LogP contribution in [0.2, 0.25) is 0 Å². The van der Waals surface area contributed by atoms with E-state index in [-0.39, 0.29) is 6.04 Å². The van der Waals surface area contributed by atoms with Crippen LogP contribution in [0, 0.1) is 5.92 Å². The minimum Gasteiger partial charge on any atom is -0.481 e. The van der Waals surface area contributed by atoms with Crippen LogP contribution in [0.25, 0.3) is 0 Å². The predicted molar refractivity (Wildman–Crippen MR) is 58.1 cm³/mol. The van der Waals surface area contributed by atoms with Crippen LogP contribution in [0.1, 0.15) is 32.0 Å². The van der Waals surface area contributed by atoms with Crippen LogP contribution >= 0.6 is 0 Å². The number of hydrogen-bond donors (Lipinski definition) is 2. The Morgan fingerprint density at radius 2 is 2.27 bits per heavy atom. The van der Waals surface area contributed by atoms with Crippen molar-refractivity contribution in [1.29, 1.82) is 0 Å². The molecule has 0 radical (unpaired) electrons. The third-order valence-corrected chi connectivity index (χ3v) is 2.58. The van der Waals surface area contributed by atoms with Gasteiger partial charge in [-0.2, -0.15) is 0 Å². The van der Waals surface area contributed by atoms with Gasteiger partial charge in [-0.05, 0) is 5.92 Å². The minimum atomic E-state index is 0.0342. The first kappa shape index (κ1) is 11.9. The summed E-state index contributed by atoms with van der Waals surface area (Å²) >= 11 is 0. The van der Waals surface area contributed by atoms with Crippen molar-refractivity contribution < 1.29 is 4.74 Å². The third kappa shape index (κ3) is 2.87. The molecule has 1 aromatic heterocycles. The molecule has 5 nitrogen and oxygen atoms in total. The van der Waals surface area contributed by atoms with Gasteiger partial charge in [0.1, 0.15) is 6.33 Å². The highest BCUT2D eigenvalue weighted by atomic mass is 16.5. The van der Waals surface area contributed by atoms with Crippen LogP contribution in [-0.2, 0) is 0 Å². The Morgan fingerprint density at radius 1 is 1.53 bits per heavy atom. The van der Waals surface area contributed by atoms with Gasteiger partial charge in [-0.1, -0.05) is 20.3 Å². The first-order valence-electron chi connectivity index (χ1n) is 5.05. The standard InChI is InChI=1S/C10H18N4O/c1-4-7(2)10(14-11)8-5-9(15-3)13-6-12-8/h5-7,10,14H,4,11H2,1-3H3. The molecule has 0 aliphatic carbocycles. The number of nitrogens with zero attached hydrogens (tertiary/aromatic N) is 2. The van der Waals surface area contributed by atoms with Crippen molar-refractivity contribution in [3.05, 3.63) is 18.1 Å². The van der Waals surface area contributed by atoms with Crippen molar-refractivity contribution in [2.75, 3.05) is 7.11 Å². The van der Waals surface area contributed by atoms with Gasteiger partial charge < -0.3 is 4.74 Å². The predicted octanol–water partition coefficient (Wildman–Crippen LogP) is 1.04. The fraction of sp³-hybridized carbons (Fsp3) is 0.600. The number of rotatable bonds is 5. The van der Waals surface area contributed by atoms with Crippen molar-refractivity contribution in [1.82, 2.24) is 15.4 Å². The van der Waals surface area contributed by atoms with Gasteiger partial charge >= 0.3 is 0 Å². The van der Waals surface area contributed by atoms with E-state index in [4.69, 9.17) is 10.6 Å². The summed E-state index contributed by atoms with van der Waals surface area (Å²) < 4.78 is 5.04. The van der Waals surface area contributed by atoms with Crippen LogP contribution in [0.5, 0.6) is 5.88 Å². The Hall–Kier alpha value is -1.20. The maximum absolute atomic E-state index is 5.52. The zero-order valence-corrected chi connectivity index (χ0v) is 9.40. The molecule has 0 aromatic carbocycles. The molecular weight excluding hydrogens is 192 g/mol. The van der Waals surface area contributed by atoms with Gasteiger partial charge in [-0.25, -0.2) is 9.97 Å². The summed E-state index contributed by atoms with van der Waals surface area (Å²) in [6, 6.07) is 1.84. The van der Waals surface area contributed by atoms with E-state index in [9.17, 15) is 0 Å². The van der Waals surface area contributed by atoms with Gasteiger partial charge in [0.2, 0.25) is 5.88 Å². The average molecular weight is 210 g/mol. The molecule has 84 valence electrons. The van der Waals surface area contributed by atoms with Crippen LogP contribution in [0.3, 0.4) is 0 Å². The number of aromatic nitrogens is 2. The molecule has 0 fully saturated rings. The summed E-state index contributed by atoms with van der Waals surface area (Å²) in [7, 11) is 1.58. The summed E-state index contributed by atoms with van der Waals surface area (Å²) in [5.41, 5.74) is 3.63. The Bertz CT molecular complexity index is 305. The Balaban J connectivity index is 2.91. The molecule has 1 heterocycles. The lowest BCUT2D eigenvalue weighted by Gasteiger charge is -2.21. The van der Waals surface area contributed by atoms with Gasteiger partial charge in [-0.15, -0.1) is 0 Å². The molecule has 0 amide bonds. The van der Waals surface area contributed by atoms with Gasteiger partial charge in [0.25, 0.3) is 0 Å². The molecule has 0 saturated carbocycles. The fourth-order valence-corrected chi connectivity index (χ4v) is 1.41. The zero-order valence-electron chi connectivity index (χ0n) is 9.40. The van der Waals surface area contributed by atoms with Crippen molar-refractivity contribution in [2.24, 2.45) is 11.8 Å². The first-order valence-corrected chi connectivity index (χ1v) is 5.05. The Kier molecular flexibility index (Phi) is 4.45. The van der Waals surface area contributed by atoms with E-state index in [0.29, 0.717) is 11.8 Å². The van der Waals surface area contributed by atoms with E-state index < -0.39 is 0 Å². The maximum atomic E-state index is 5.52. The lowest BCUT2D eigenvalue weighted by Crippen LogP contribution is -2.33. The summed E-state index contributed by atoms with van der Waals surface area (Å²) in [5.74, 6) is 6.49. The molecule has 1 aromatic rings. The fourth-order valence-electron chi connectivity index (χ4n) is 1.41. The van der Waals surface area contributed by atoms with Crippen molar-refractivity contribution >= 4 is 0 Å². The van der Waals surface area contributed by atoms with Crippen LogP contribution in [0.15, 0.2) is 12.4 Å². The van der Waals surface area contributed by atoms with E-state index in [1.807, 2.05) is 0 Å². The van der Waals surface area contributed by atoms with E-state index in [1.54, 1.807) is 13.2 Å². The Morgan fingerprint density at radius 3 is 2.80 bits per heavy atom. The molecule has 0 aliphatic rings.